The average molecular weight is 268 g/mol. The Balaban J connectivity index is 2.10. The number of nitrogen functional groups attached to an aromatic ring is 1. The lowest BCUT2D eigenvalue weighted by atomic mass is 10.1. The molecule has 1 fully saturated rings. The van der Waals surface area contributed by atoms with Gasteiger partial charge in [0.25, 0.3) is 0 Å². The molecular formula is C13H18ClN3O. The van der Waals surface area contributed by atoms with Gasteiger partial charge in [0, 0.05) is 29.7 Å². The second-order valence-electron chi connectivity index (χ2n) is 4.65. The van der Waals surface area contributed by atoms with Gasteiger partial charge in [-0.3, -0.25) is 10.3 Å². The van der Waals surface area contributed by atoms with E-state index in [9.17, 15) is 0 Å². The predicted molar refractivity (Wildman–Crippen MR) is 73.0 cm³/mol. The first kappa shape index (κ1) is 13.3. The van der Waals surface area contributed by atoms with Crippen molar-refractivity contribution in [3.8, 4) is 0 Å². The van der Waals surface area contributed by atoms with Crippen LogP contribution >= 0.6 is 11.6 Å². The first-order valence-corrected chi connectivity index (χ1v) is 6.47. The quantitative estimate of drug-likeness (QED) is 0.541. The summed E-state index contributed by atoms with van der Waals surface area (Å²) < 4.78 is 0. The Kier molecular flexibility index (Phi) is 4.22. The van der Waals surface area contributed by atoms with Crippen molar-refractivity contribution in [3.05, 3.63) is 34.3 Å². The van der Waals surface area contributed by atoms with Crippen LogP contribution in [0.25, 0.3) is 0 Å². The van der Waals surface area contributed by atoms with Crippen LogP contribution in [0.3, 0.4) is 0 Å². The van der Waals surface area contributed by atoms with Gasteiger partial charge >= 0.3 is 0 Å². The molecule has 1 aliphatic carbocycles. The summed E-state index contributed by atoms with van der Waals surface area (Å²) in [5.74, 6) is 0.0258. The fourth-order valence-electron chi connectivity index (χ4n) is 2.02. The summed E-state index contributed by atoms with van der Waals surface area (Å²) in [7, 11) is 0. The standard InChI is InChI=1S/C13H18ClN3O/c14-12-7-9(13(15)16)1-2-10(12)8-17(5-6-18)11-3-4-11/h1-2,7,11,18H,3-6,8H2,(H3,15,16). The first-order chi connectivity index (χ1) is 8.61. The molecule has 1 saturated carbocycles. The van der Waals surface area contributed by atoms with Gasteiger partial charge in [-0.15, -0.1) is 0 Å². The minimum atomic E-state index is 0.0258. The van der Waals surface area contributed by atoms with E-state index < -0.39 is 0 Å². The second kappa shape index (κ2) is 5.69. The molecule has 1 aliphatic rings. The molecule has 4 N–H and O–H groups in total. The van der Waals surface area contributed by atoms with Crippen molar-refractivity contribution < 1.29 is 5.11 Å². The van der Waals surface area contributed by atoms with E-state index in [4.69, 9.17) is 27.9 Å². The monoisotopic (exact) mass is 267 g/mol. The number of aliphatic hydroxyl groups is 1. The van der Waals surface area contributed by atoms with Crippen LogP contribution in [0.5, 0.6) is 0 Å². The minimum Gasteiger partial charge on any atom is -0.395 e. The summed E-state index contributed by atoms with van der Waals surface area (Å²) in [5.41, 5.74) is 7.08. The highest BCUT2D eigenvalue weighted by molar-refractivity contribution is 6.31. The fourth-order valence-corrected chi connectivity index (χ4v) is 2.26. The smallest absolute Gasteiger partial charge is 0.122 e. The zero-order valence-corrected chi connectivity index (χ0v) is 11.0. The van der Waals surface area contributed by atoms with Gasteiger partial charge in [-0.05, 0) is 24.5 Å². The Hall–Kier alpha value is -1.10. The summed E-state index contributed by atoms with van der Waals surface area (Å²) in [5, 5.41) is 17.1. The van der Waals surface area contributed by atoms with Gasteiger partial charge in [0.1, 0.15) is 5.84 Å². The Morgan fingerprint density at radius 1 is 1.50 bits per heavy atom. The van der Waals surface area contributed by atoms with Crippen LogP contribution in [-0.4, -0.2) is 35.0 Å². The lowest BCUT2D eigenvalue weighted by molar-refractivity contribution is 0.183. The number of hydrogen-bond acceptors (Lipinski definition) is 3. The van der Waals surface area contributed by atoms with E-state index in [0.717, 1.165) is 12.1 Å². The van der Waals surface area contributed by atoms with Crippen LogP contribution in [0.2, 0.25) is 5.02 Å². The molecule has 0 bridgehead atoms. The highest BCUT2D eigenvalue weighted by Crippen LogP contribution is 2.29. The molecule has 0 spiro atoms. The number of halogens is 1. The Morgan fingerprint density at radius 3 is 2.72 bits per heavy atom. The number of hydrogen-bond donors (Lipinski definition) is 3. The van der Waals surface area contributed by atoms with Crippen molar-refractivity contribution in [1.29, 1.82) is 5.41 Å². The molecule has 98 valence electrons. The van der Waals surface area contributed by atoms with Crippen LogP contribution < -0.4 is 5.73 Å². The second-order valence-corrected chi connectivity index (χ2v) is 5.05. The molecule has 0 amide bonds. The number of amidine groups is 1. The van der Waals surface area contributed by atoms with Crippen molar-refractivity contribution in [2.75, 3.05) is 13.2 Å². The van der Waals surface area contributed by atoms with Crippen LogP contribution in [0, 0.1) is 5.41 Å². The van der Waals surface area contributed by atoms with Crippen LogP contribution in [0.1, 0.15) is 24.0 Å². The molecule has 18 heavy (non-hydrogen) atoms. The van der Waals surface area contributed by atoms with Crippen molar-refractivity contribution in [1.82, 2.24) is 4.90 Å². The summed E-state index contributed by atoms with van der Waals surface area (Å²) in [6.07, 6.45) is 2.40. The van der Waals surface area contributed by atoms with Gasteiger partial charge in [0.05, 0.1) is 6.61 Å². The van der Waals surface area contributed by atoms with E-state index in [2.05, 4.69) is 4.90 Å². The molecule has 1 aromatic carbocycles. The highest BCUT2D eigenvalue weighted by Gasteiger charge is 2.28. The number of nitrogens with one attached hydrogen (secondary N) is 1. The minimum absolute atomic E-state index is 0.0258. The maximum atomic E-state index is 9.06. The highest BCUT2D eigenvalue weighted by atomic mass is 35.5. The van der Waals surface area contributed by atoms with Crippen LogP contribution in [-0.2, 0) is 6.54 Å². The van der Waals surface area contributed by atoms with Crippen molar-refractivity contribution in [3.63, 3.8) is 0 Å². The van der Waals surface area contributed by atoms with Gasteiger partial charge in [0.2, 0.25) is 0 Å². The summed E-state index contributed by atoms with van der Waals surface area (Å²) in [6, 6.07) is 6.03. The van der Waals surface area contributed by atoms with Gasteiger partial charge in [-0.1, -0.05) is 23.7 Å². The number of aliphatic hydroxyl groups excluding tert-OH is 1. The van der Waals surface area contributed by atoms with E-state index in [1.54, 1.807) is 6.07 Å². The fraction of sp³-hybridized carbons (Fsp3) is 0.462. The molecule has 0 atom stereocenters. The maximum Gasteiger partial charge on any atom is 0.122 e. The third kappa shape index (κ3) is 3.22. The Bertz CT molecular complexity index is 446. The lowest BCUT2D eigenvalue weighted by Crippen LogP contribution is -2.28. The van der Waals surface area contributed by atoms with Crippen molar-refractivity contribution >= 4 is 17.4 Å². The Labute approximate surface area is 112 Å². The number of nitrogens with zero attached hydrogens (tertiary/aromatic N) is 1. The number of benzene rings is 1. The summed E-state index contributed by atoms with van der Waals surface area (Å²) >= 11 is 6.20. The third-order valence-electron chi connectivity index (χ3n) is 3.19. The van der Waals surface area contributed by atoms with Crippen molar-refractivity contribution in [2.45, 2.75) is 25.4 Å². The third-order valence-corrected chi connectivity index (χ3v) is 3.54. The molecule has 4 nitrogen and oxygen atoms in total. The van der Waals surface area contributed by atoms with Gasteiger partial charge in [0.15, 0.2) is 0 Å². The van der Waals surface area contributed by atoms with E-state index in [0.29, 0.717) is 23.2 Å². The zero-order chi connectivity index (χ0) is 13.1. The largest absolute Gasteiger partial charge is 0.395 e. The molecule has 0 aliphatic heterocycles. The lowest BCUT2D eigenvalue weighted by Gasteiger charge is -2.21. The molecule has 1 aromatic rings. The van der Waals surface area contributed by atoms with E-state index in [1.165, 1.54) is 12.8 Å². The SMILES string of the molecule is N=C(N)c1ccc(CN(CCO)C2CC2)c(Cl)c1. The zero-order valence-electron chi connectivity index (χ0n) is 10.2. The topological polar surface area (TPSA) is 73.3 Å². The first-order valence-electron chi connectivity index (χ1n) is 6.09. The molecule has 0 aromatic heterocycles. The summed E-state index contributed by atoms with van der Waals surface area (Å²) in [4.78, 5) is 2.24. The van der Waals surface area contributed by atoms with Gasteiger partial charge < -0.3 is 10.8 Å². The maximum absolute atomic E-state index is 9.06. The number of rotatable bonds is 6. The summed E-state index contributed by atoms with van der Waals surface area (Å²) in [6.45, 7) is 1.58. The molecule has 0 unspecified atom stereocenters. The molecule has 0 saturated heterocycles. The molecule has 0 radical (unpaired) electrons. The molecule has 0 heterocycles. The van der Waals surface area contributed by atoms with Gasteiger partial charge in [-0.25, -0.2) is 0 Å². The Morgan fingerprint density at radius 2 is 2.22 bits per heavy atom. The van der Waals surface area contributed by atoms with E-state index >= 15 is 0 Å². The van der Waals surface area contributed by atoms with E-state index in [-0.39, 0.29) is 12.4 Å². The molecular weight excluding hydrogens is 250 g/mol. The number of nitrogens with two attached hydrogens (primary N) is 1. The van der Waals surface area contributed by atoms with E-state index in [1.807, 2.05) is 12.1 Å². The van der Waals surface area contributed by atoms with Crippen molar-refractivity contribution in [2.24, 2.45) is 5.73 Å². The molecule has 5 heteroatoms. The average Bonchev–Trinajstić information content (AvgIpc) is 3.14. The van der Waals surface area contributed by atoms with Crippen LogP contribution in [0.4, 0.5) is 0 Å². The predicted octanol–water partition coefficient (Wildman–Crippen LogP) is 1.58. The van der Waals surface area contributed by atoms with Crippen LogP contribution in [0.15, 0.2) is 18.2 Å². The normalized spacial score (nSPS) is 15.1. The van der Waals surface area contributed by atoms with Gasteiger partial charge in [-0.2, -0.15) is 0 Å². The molecule has 2 rings (SSSR count).